The number of hydrogen-bond acceptors (Lipinski definition) is 2. The molecule has 1 unspecified atom stereocenters. The summed E-state index contributed by atoms with van der Waals surface area (Å²) in [5.74, 6) is -2.44. The Kier molecular flexibility index (Phi) is 3.59. The molecule has 0 aromatic heterocycles. The standard InChI is InChI=1S/C9H8F6O2S/c1-18(16,17)7-3-5(8(10,11)12)2-6(4-7)9(13,14)15/h3-5H,2H2,1H3. The number of halogens is 6. The molecule has 0 radical (unpaired) electrons. The maximum atomic E-state index is 12.4. The molecule has 0 aliphatic heterocycles. The molecule has 0 N–H and O–H groups in total. The van der Waals surface area contributed by atoms with Gasteiger partial charge in [0.15, 0.2) is 9.84 Å². The summed E-state index contributed by atoms with van der Waals surface area (Å²) in [6.45, 7) is 0. The lowest BCUT2D eigenvalue weighted by molar-refractivity contribution is -0.165. The van der Waals surface area contributed by atoms with Gasteiger partial charge in [-0.25, -0.2) is 8.42 Å². The Morgan fingerprint density at radius 2 is 1.67 bits per heavy atom. The topological polar surface area (TPSA) is 34.1 Å². The molecule has 0 saturated heterocycles. The molecular weight excluding hydrogens is 286 g/mol. The second-order valence-corrected chi connectivity index (χ2v) is 5.88. The summed E-state index contributed by atoms with van der Waals surface area (Å²) in [5, 5.41) is 0. The lowest BCUT2D eigenvalue weighted by Gasteiger charge is -2.24. The van der Waals surface area contributed by atoms with Gasteiger partial charge in [0.2, 0.25) is 0 Å². The molecule has 0 bridgehead atoms. The largest absolute Gasteiger partial charge is 0.412 e. The molecule has 1 atom stereocenters. The zero-order valence-electron chi connectivity index (χ0n) is 8.93. The van der Waals surface area contributed by atoms with Crippen LogP contribution in [-0.2, 0) is 9.84 Å². The third-order valence-electron chi connectivity index (χ3n) is 2.33. The Morgan fingerprint density at radius 1 is 1.17 bits per heavy atom. The highest BCUT2D eigenvalue weighted by atomic mass is 32.2. The average Bonchev–Trinajstić information content (AvgIpc) is 2.13. The van der Waals surface area contributed by atoms with Gasteiger partial charge in [-0.3, -0.25) is 0 Å². The zero-order chi connectivity index (χ0) is 14.4. The van der Waals surface area contributed by atoms with Gasteiger partial charge in [-0.05, 0) is 12.5 Å². The van der Waals surface area contributed by atoms with E-state index in [1.165, 1.54) is 0 Å². The third kappa shape index (κ3) is 3.50. The molecule has 0 aromatic rings. The van der Waals surface area contributed by atoms with Crippen molar-refractivity contribution in [2.45, 2.75) is 18.8 Å². The number of hydrogen-bond donors (Lipinski definition) is 0. The highest BCUT2D eigenvalue weighted by Gasteiger charge is 2.46. The maximum Gasteiger partial charge on any atom is 0.412 e. The average molecular weight is 294 g/mol. The van der Waals surface area contributed by atoms with Gasteiger partial charge in [-0.15, -0.1) is 0 Å². The first kappa shape index (κ1) is 15.1. The second kappa shape index (κ2) is 4.29. The van der Waals surface area contributed by atoms with Crippen LogP contribution in [-0.4, -0.2) is 27.0 Å². The van der Waals surface area contributed by atoms with Crippen LogP contribution in [0.1, 0.15) is 6.42 Å². The van der Waals surface area contributed by atoms with Crippen LogP contribution in [0.15, 0.2) is 22.6 Å². The fourth-order valence-electron chi connectivity index (χ4n) is 1.41. The van der Waals surface area contributed by atoms with Crippen LogP contribution in [0.25, 0.3) is 0 Å². The van der Waals surface area contributed by atoms with Gasteiger partial charge in [-0.2, -0.15) is 26.3 Å². The molecular formula is C9H8F6O2S. The van der Waals surface area contributed by atoms with E-state index >= 15 is 0 Å². The molecule has 18 heavy (non-hydrogen) atoms. The molecule has 0 aromatic carbocycles. The van der Waals surface area contributed by atoms with Gasteiger partial charge in [0.1, 0.15) is 0 Å². The van der Waals surface area contributed by atoms with Crippen molar-refractivity contribution < 1.29 is 34.8 Å². The molecule has 0 heterocycles. The van der Waals surface area contributed by atoms with Crippen molar-refractivity contribution in [2.75, 3.05) is 6.26 Å². The fraction of sp³-hybridized carbons (Fsp3) is 0.556. The Balaban J connectivity index is 3.30. The van der Waals surface area contributed by atoms with Crippen molar-refractivity contribution in [3.05, 3.63) is 22.6 Å². The molecule has 0 amide bonds. The number of allylic oxidation sites excluding steroid dienone is 3. The van der Waals surface area contributed by atoms with E-state index in [0.717, 1.165) is 0 Å². The Morgan fingerprint density at radius 3 is 2.00 bits per heavy atom. The van der Waals surface area contributed by atoms with E-state index in [1.54, 1.807) is 0 Å². The van der Waals surface area contributed by atoms with Gasteiger partial charge < -0.3 is 0 Å². The summed E-state index contributed by atoms with van der Waals surface area (Å²) < 4.78 is 96.7. The summed E-state index contributed by atoms with van der Waals surface area (Å²) in [6.07, 6.45) is -10.1. The summed E-state index contributed by atoms with van der Waals surface area (Å²) in [6, 6.07) is 0. The Labute approximate surface area is 98.9 Å². The van der Waals surface area contributed by atoms with Crippen LogP contribution in [0.4, 0.5) is 26.3 Å². The van der Waals surface area contributed by atoms with Gasteiger partial charge in [-0.1, -0.05) is 6.08 Å². The molecule has 0 spiro atoms. The SMILES string of the molecule is CS(=O)(=O)C1=CC(C(F)(F)F)CC(C(F)(F)F)=C1. The van der Waals surface area contributed by atoms with Crippen molar-refractivity contribution in [1.82, 2.24) is 0 Å². The highest BCUT2D eigenvalue weighted by Crippen LogP contribution is 2.42. The highest BCUT2D eigenvalue weighted by molar-refractivity contribution is 7.94. The normalized spacial score (nSPS) is 22.5. The van der Waals surface area contributed by atoms with Crippen LogP contribution < -0.4 is 0 Å². The lowest BCUT2D eigenvalue weighted by Crippen LogP contribution is -2.28. The molecule has 2 nitrogen and oxygen atoms in total. The van der Waals surface area contributed by atoms with Crippen LogP contribution >= 0.6 is 0 Å². The second-order valence-electron chi connectivity index (χ2n) is 3.86. The van der Waals surface area contributed by atoms with Gasteiger partial charge in [0.25, 0.3) is 0 Å². The quantitative estimate of drug-likeness (QED) is 0.697. The summed E-state index contributed by atoms with van der Waals surface area (Å²) in [4.78, 5) is -0.955. The van der Waals surface area contributed by atoms with E-state index in [9.17, 15) is 34.8 Å². The molecule has 0 fully saturated rings. The maximum absolute atomic E-state index is 12.4. The molecule has 104 valence electrons. The van der Waals surface area contributed by atoms with Gasteiger partial charge in [0.05, 0.1) is 10.8 Å². The Bertz CT molecular complexity index is 494. The number of rotatable bonds is 1. The molecule has 1 rings (SSSR count). The van der Waals surface area contributed by atoms with E-state index in [1.807, 2.05) is 0 Å². The summed E-state index contributed by atoms with van der Waals surface area (Å²) >= 11 is 0. The van der Waals surface area contributed by atoms with Crippen molar-refractivity contribution >= 4 is 9.84 Å². The monoisotopic (exact) mass is 294 g/mol. The third-order valence-corrected chi connectivity index (χ3v) is 3.44. The van der Waals surface area contributed by atoms with Crippen LogP contribution in [0.3, 0.4) is 0 Å². The van der Waals surface area contributed by atoms with Crippen molar-refractivity contribution in [3.8, 4) is 0 Å². The van der Waals surface area contributed by atoms with E-state index in [2.05, 4.69) is 0 Å². The number of sulfone groups is 1. The van der Waals surface area contributed by atoms with E-state index in [-0.39, 0.29) is 6.08 Å². The van der Waals surface area contributed by atoms with Crippen molar-refractivity contribution in [3.63, 3.8) is 0 Å². The van der Waals surface area contributed by atoms with E-state index in [4.69, 9.17) is 0 Å². The smallest absolute Gasteiger partial charge is 0.224 e. The lowest BCUT2D eigenvalue weighted by atomic mass is 9.93. The van der Waals surface area contributed by atoms with Gasteiger partial charge in [0, 0.05) is 11.8 Å². The Hall–Kier alpha value is -0.990. The van der Waals surface area contributed by atoms with E-state index < -0.39 is 45.0 Å². The van der Waals surface area contributed by atoms with Crippen LogP contribution in [0.2, 0.25) is 0 Å². The first-order chi connectivity index (χ1) is 7.82. The molecule has 1 aliphatic rings. The minimum Gasteiger partial charge on any atom is -0.224 e. The van der Waals surface area contributed by atoms with E-state index in [0.29, 0.717) is 12.3 Å². The molecule has 0 saturated carbocycles. The van der Waals surface area contributed by atoms with Crippen molar-refractivity contribution in [2.24, 2.45) is 5.92 Å². The zero-order valence-corrected chi connectivity index (χ0v) is 9.75. The fourth-order valence-corrected chi connectivity index (χ4v) is 2.18. The minimum atomic E-state index is -4.98. The van der Waals surface area contributed by atoms with Gasteiger partial charge >= 0.3 is 12.4 Å². The summed E-state index contributed by atoms with van der Waals surface area (Å²) in [7, 11) is -4.13. The van der Waals surface area contributed by atoms with Crippen LogP contribution in [0, 0.1) is 5.92 Å². The predicted molar refractivity (Wildman–Crippen MR) is 51.2 cm³/mol. The minimum absolute atomic E-state index is 0.248. The van der Waals surface area contributed by atoms with Crippen LogP contribution in [0.5, 0.6) is 0 Å². The van der Waals surface area contributed by atoms with Crippen molar-refractivity contribution in [1.29, 1.82) is 0 Å². The summed E-state index contributed by atoms with van der Waals surface area (Å²) in [5.41, 5.74) is -1.49. The first-order valence-electron chi connectivity index (χ1n) is 4.58. The molecule has 9 heteroatoms. The predicted octanol–water partition coefficient (Wildman–Crippen LogP) is 2.99. The molecule has 1 aliphatic carbocycles. The number of alkyl halides is 6. The first-order valence-corrected chi connectivity index (χ1v) is 6.47.